The Morgan fingerprint density at radius 1 is 0.700 bits per heavy atom. The molecule has 60 heavy (non-hydrogen) atoms. The molecule has 0 aromatic heterocycles. The van der Waals surface area contributed by atoms with E-state index >= 15 is 0 Å². The Labute approximate surface area is 345 Å². The summed E-state index contributed by atoms with van der Waals surface area (Å²) in [5.74, 6) is -0.849. The van der Waals surface area contributed by atoms with E-state index in [0.717, 1.165) is 0 Å². The van der Waals surface area contributed by atoms with Crippen molar-refractivity contribution in [3.8, 4) is 34.5 Å². The summed E-state index contributed by atoms with van der Waals surface area (Å²) in [6.45, 7) is 12.7. The topological polar surface area (TPSA) is 208 Å². The number of rotatable bonds is 14. The quantitative estimate of drug-likeness (QED) is 0.0608. The number of nitrogens with two attached hydrogens (primary N) is 1. The largest absolute Gasteiger partial charge is 0.508 e. The molecule has 0 atom stereocenters. The fourth-order valence-electron chi connectivity index (χ4n) is 6.86. The highest BCUT2D eigenvalue weighted by molar-refractivity contribution is 6.06. The first-order valence-electron chi connectivity index (χ1n) is 19.2. The van der Waals surface area contributed by atoms with E-state index in [1.165, 1.54) is 48.5 Å². The fraction of sp³-hybridized carbons (Fsp3) is 0.217. The molecule has 7 N–H and O–H groups in total. The van der Waals surface area contributed by atoms with E-state index in [0.29, 0.717) is 58.5 Å². The molecule has 308 valence electrons. The van der Waals surface area contributed by atoms with Gasteiger partial charge in [-0.25, -0.2) is 4.79 Å². The lowest BCUT2D eigenvalue weighted by atomic mass is 9.77. The van der Waals surface area contributed by atoms with Gasteiger partial charge in [-0.3, -0.25) is 14.4 Å². The summed E-state index contributed by atoms with van der Waals surface area (Å²) in [6, 6.07) is 22.9. The second-order valence-electron chi connectivity index (χ2n) is 15.4. The van der Waals surface area contributed by atoms with E-state index in [1.807, 2.05) is 27.7 Å². The number of anilines is 2. The Morgan fingerprint density at radius 2 is 1.23 bits per heavy atom. The summed E-state index contributed by atoms with van der Waals surface area (Å²) in [5.41, 5.74) is 7.45. The molecule has 14 heteroatoms. The van der Waals surface area contributed by atoms with Gasteiger partial charge in [0.25, 0.3) is 11.8 Å². The molecule has 0 fully saturated rings. The molecule has 0 bridgehead atoms. The number of nitrogens with one attached hydrogen (secondary N) is 3. The number of fused-ring (bicyclic) bond motifs is 6. The molecule has 0 saturated heterocycles. The second kappa shape index (κ2) is 16.4. The van der Waals surface area contributed by atoms with E-state index in [-0.39, 0.29) is 63.6 Å². The smallest absolute Gasteiger partial charge is 0.340 e. The number of primary amides is 1. The third kappa shape index (κ3) is 8.12. The molecule has 0 aliphatic carbocycles. The first-order chi connectivity index (χ1) is 28.6. The molecule has 2 aliphatic heterocycles. The number of aromatic hydroxyl groups is 2. The third-order valence-corrected chi connectivity index (χ3v) is 9.71. The van der Waals surface area contributed by atoms with Crippen molar-refractivity contribution in [1.82, 2.24) is 5.32 Å². The fourth-order valence-corrected chi connectivity index (χ4v) is 6.86. The Hall–Kier alpha value is -7.48. The molecular weight excluding hydrogens is 769 g/mol. The average molecular weight is 813 g/mol. The van der Waals surface area contributed by atoms with Crippen molar-refractivity contribution in [1.29, 1.82) is 0 Å². The number of hydrogen-bond donors (Lipinski definition) is 6. The zero-order chi connectivity index (χ0) is 42.9. The molecule has 2 heterocycles. The van der Waals surface area contributed by atoms with Crippen LogP contribution in [0, 0.1) is 11.8 Å². The Morgan fingerprint density at radius 3 is 1.82 bits per heavy atom. The number of hydrogen-bond acceptors (Lipinski definition) is 11. The Kier molecular flexibility index (Phi) is 11.1. The van der Waals surface area contributed by atoms with E-state index in [4.69, 9.17) is 24.7 Å². The van der Waals surface area contributed by atoms with Gasteiger partial charge in [-0.05, 0) is 90.7 Å². The molecule has 3 amide bonds. The van der Waals surface area contributed by atoms with E-state index < -0.39 is 29.3 Å². The molecule has 0 unspecified atom stereocenters. The first-order valence-corrected chi connectivity index (χ1v) is 19.2. The van der Waals surface area contributed by atoms with E-state index in [9.17, 15) is 29.4 Å². The van der Waals surface area contributed by atoms with Gasteiger partial charge in [0.05, 0.1) is 36.7 Å². The minimum atomic E-state index is -1.53. The number of benzene rings is 5. The standard InChI is InChI=1S/C46H44N4O10/c1-24(2)22-57-40-17-27(42(47)53)7-14-37(40)50-44(55)29-8-15-36(41(18-29)58-23-25(3)4)49-26(5)21-48-43(54)28-6-11-32-35(16-28)46(60-45(32)56)33-12-9-30(51)19-38(33)59-39-20-31(52)10-13-34(39)46/h6-20,24-25,49,51-52H,5,21-23H2,1-4H3,(H2,47,53)(H,48,54)(H,50,55). The van der Waals surface area contributed by atoms with Crippen LogP contribution in [0.15, 0.2) is 103 Å². The average Bonchev–Trinajstić information content (AvgIpc) is 3.49. The molecule has 0 saturated carbocycles. The lowest BCUT2D eigenvalue weighted by Crippen LogP contribution is -2.33. The molecule has 2 aliphatic rings. The van der Waals surface area contributed by atoms with Crippen LogP contribution >= 0.6 is 0 Å². The highest BCUT2D eigenvalue weighted by Crippen LogP contribution is 2.57. The van der Waals surface area contributed by atoms with Gasteiger partial charge in [-0.1, -0.05) is 34.3 Å². The van der Waals surface area contributed by atoms with Crippen molar-refractivity contribution in [3.05, 3.63) is 142 Å². The molecule has 14 nitrogen and oxygen atoms in total. The van der Waals surface area contributed by atoms with Crippen molar-refractivity contribution in [2.24, 2.45) is 17.6 Å². The summed E-state index contributed by atoms with van der Waals surface area (Å²) >= 11 is 0. The maximum absolute atomic E-state index is 13.7. The summed E-state index contributed by atoms with van der Waals surface area (Å²) < 4.78 is 24.2. The Balaban J connectivity index is 1.09. The van der Waals surface area contributed by atoms with Crippen LogP contribution in [-0.2, 0) is 10.3 Å². The Bertz CT molecular complexity index is 2510. The van der Waals surface area contributed by atoms with Crippen molar-refractivity contribution >= 4 is 35.1 Å². The first kappa shape index (κ1) is 40.7. The van der Waals surface area contributed by atoms with Gasteiger partial charge in [-0.2, -0.15) is 0 Å². The van der Waals surface area contributed by atoms with Crippen LogP contribution in [0.2, 0.25) is 0 Å². The van der Waals surface area contributed by atoms with Crippen LogP contribution in [0.5, 0.6) is 34.5 Å². The van der Waals surface area contributed by atoms with Gasteiger partial charge < -0.3 is 50.8 Å². The van der Waals surface area contributed by atoms with Gasteiger partial charge in [0.1, 0.15) is 34.5 Å². The lowest BCUT2D eigenvalue weighted by molar-refractivity contribution is 0.0224. The van der Waals surface area contributed by atoms with Crippen molar-refractivity contribution < 1.29 is 48.3 Å². The molecular formula is C46H44N4O10. The molecule has 0 radical (unpaired) electrons. The summed E-state index contributed by atoms with van der Waals surface area (Å²) in [7, 11) is 0. The SMILES string of the molecule is C=C(CNC(=O)c1ccc2c(c1)C1(OC2=O)c2ccc(O)cc2Oc2cc(O)ccc21)Nc1ccc(C(=O)Nc2ccc(C(N)=O)cc2OCC(C)C)cc1OCC(C)C. The third-order valence-electron chi connectivity index (χ3n) is 9.71. The summed E-state index contributed by atoms with van der Waals surface area (Å²) in [5, 5.41) is 29.4. The number of ether oxygens (including phenoxy) is 4. The van der Waals surface area contributed by atoms with Crippen LogP contribution in [0.3, 0.4) is 0 Å². The van der Waals surface area contributed by atoms with Crippen molar-refractivity contribution in [3.63, 3.8) is 0 Å². The minimum absolute atomic E-state index is 0.0130. The predicted octanol–water partition coefficient (Wildman–Crippen LogP) is 7.44. The highest BCUT2D eigenvalue weighted by Gasteiger charge is 2.54. The van der Waals surface area contributed by atoms with Gasteiger partial charge in [0, 0.05) is 51.2 Å². The number of carbonyl (C=O) groups is 4. The highest BCUT2D eigenvalue weighted by atomic mass is 16.6. The van der Waals surface area contributed by atoms with Crippen LogP contribution in [0.4, 0.5) is 11.4 Å². The number of esters is 1. The number of amides is 3. The van der Waals surface area contributed by atoms with Gasteiger partial charge in [0.15, 0.2) is 5.60 Å². The van der Waals surface area contributed by atoms with Crippen LogP contribution in [-0.4, -0.2) is 53.7 Å². The second-order valence-corrected chi connectivity index (χ2v) is 15.4. The molecule has 7 rings (SSSR count). The van der Waals surface area contributed by atoms with E-state index in [2.05, 4.69) is 22.5 Å². The van der Waals surface area contributed by atoms with Crippen molar-refractivity contribution in [2.45, 2.75) is 33.3 Å². The van der Waals surface area contributed by atoms with Crippen LogP contribution in [0.25, 0.3) is 0 Å². The number of phenolic OH excluding ortho intramolecular Hbond substituents is 2. The monoisotopic (exact) mass is 812 g/mol. The number of phenols is 2. The predicted molar refractivity (Wildman–Crippen MR) is 223 cm³/mol. The zero-order valence-electron chi connectivity index (χ0n) is 33.4. The van der Waals surface area contributed by atoms with Gasteiger partial charge in [0.2, 0.25) is 5.91 Å². The number of carbonyl (C=O) groups excluding carboxylic acids is 4. The van der Waals surface area contributed by atoms with E-state index in [1.54, 1.807) is 42.5 Å². The maximum Gasteiger partial charge on any atom is 0.340 e. The molecule has 5 aromatic carbocycles. The van der Waals surface area contributed by atoms with Crippen LogP contribution < -0.4 is 35.9 Å². The normalized spacial score (nSPS) is 13.1. The lowest BCUT2D eigenvalue weighted by Gasteiger charge is -2.36. The summed E-state index contributed by atoms with van der Waals surface area (Å²) in [4.78, 5) is 52.4. The van der Waals surface area contributed by atoms with Crippen LogP contribution in [0.1, 0.15) is 85.8 Å². The van der Waals surface area contributed by atoms with Gasteiger partial charge in [-0.15, -0.1) is 0 Å². The van der Waals surface area contributed by atoms with Gasteiger partial charge >= 0.3 is 5.97 Å². The van der Waals surface area contributed by atoms with Crippen molar-refractivity contribution in [2.75, 3.05) is 30.4 Å². The molecule has 5 aromatic rings. The summed E-state index contributed by atoms with van der Waals surface area (Å²) in [6.07, 6.45) is 0. The molecule has 1 spiro atoms. The maximum atomic E-state index is 13.7. The minimum Gasteiger partial charge on any atom is -0.508 e. The zero-order valence-corrected chi connectivity index (χ0v) is 33.4.